The second-order valence-electron chi connectivity index (χ2n) is 6.64. The van der Waals surface area contributed by atoms with E-state index in [1.165, 1.54) is 0 Å². The Morgan fingerprint density at radius 3 is 2.84 bits per heavy atom. The van der Waals surface area contributed by atoms with Crippen molar-refractivity contribution in [3.8, 4) is 5.75 Å². The number of benzene rings is 1. The molecule has 1 aromatic carbocycles. The van der Waals surface area contributed by atoms with Gasteiger partial charge < -0.3 is 15.8 Å². The highest BCUT2D eigenvalue weighted by molar-refractivity contribution is 5.85. The molecule has 3 rings (SSSR count). The monoisotopic (exact) mass is 371 g/mol. The van der Waals surface area contributed by atoms with E-state index in [9.17, 15) is 4.79 Å². The zero-order valence-electron chi connectivity index (χ0n) is 17.5. The summed E-state index contributed by atoms with van der Waals surface area (Å²) in [5.74, 6) is 0.122. The molecular formula is C18H29ClN4O2. The van der Waals surface area contributed by atoms with E-state index in [-0.39, 0.29) is 24.4 Å². The van der Waals surface area contributed by atoms with Crippen molar-refractivity contribution in [3.05, 3.63) is 29.3 Å². The molecule has 2 atom stereocenters. The lowest BCUT2D eigenvalue weighted by Crippen LogP contribution is -2.53. The minimum atomic E-state index is -2.46. The van der Waals surface area contributed by atoms with E-state index in [4.69, 9.17) is 14.6 Å². The van der Waals surface area contributed by atoms with Crippen LogP contribution in [-0.2, 0) is 4.79 Å². The minimum absolute atomic E-state index is 0. The maximum absolute atomic E-state index is 11.1. The quantitative estimate of drug-likeness (QED) is 0.805. The molecule has 2 fully saturated rings. The molecule has 1 aromatic rings. The summed E-state index contributed by atoms with van der Waals surface area (Å²) < 4.78 is 27.3. The highest BCUT2D eigenvalue weighted by atomic mass is 35.5. The first-order valence-corrected chi connectivity index (χ1v) is 8.51. The van der Waals surface area contributed by atoms with Crippen LogP contribution in [0.5, 0.6) is 5.75 Å². The molecule has 2 aliphatic heterocycles. The fourth-order valence-electron chi connectivity index (χ4n) is 3.95. The van der Waals surface area contributed by atoms with Crippen LogP contribution >= 0.6 is 12.4 Å². The first kappa shape index (κ1) is 15.9. The summed E-state index contributed by atoms with van der Waals surface area (Å²) in [4.78, 5) is 15.7. The number of primary amides is 1. The molecule has 7 heteroatoms. The number of nitrogens with two attached hydrogens (primary N) is 1. The number of rotatable bonds is 5. The summed E-state index contributed by atoms with van der Waals surface area (Å²) in [5, 5.41) is 3.57. The van der Waals surface area contributed by atoms with E-state index in [1.54, 1.807) is 6.07 Å². The molecule has 0 unspecified atom stereocenters. The number of hydrogen-bond donors (Lipinski definition) is 2. The van der Waals surface area contributed by atoms with Crippen molar-refractivity contribution in [2.45, 2.75) is 25.4 Å². The van der Waals surface area contributed by atoms with E-state index in [1.807, 2.05) is 19.1 Å². The van der Waals surface area contributed by atoms with Gasteiger partial charge in [0.2, 0.25) is 5.91 Å². The first-order chi connectivity index (χ1) is 12.7. The SMILES string of the molecule is Cl.[2H]C([2H])([2H])Oc1cccc([C@@H]2NCC[C@@H]2N2CCN(CC(N)=O)CC2)c1C. The number of carbonyl (C=O) groups is 1. The molecule has 25 heavy (non-hydrogen) atoms. The zero-order chi connectivity index (χ0) is 19.6. The summed E-state index contributed by atoms with van der Waals surface area (Å²) in [5.41, 5.74) is 7.24. The Morgan fingerprint density at radius 1 is 1.40 bits per heavy atom. The predicted molar refractivity (Wildman–Crippen MR) is 101 cm³/mol. The second-order valence-corrected chi connectivity index (χ2v) is 6.64. The molecule has 0 bridgehead atoms. The van der Waals surface area contributed by atoms with Crippen LogP contribution in [-0.4, -0.2) is 68.1 Å². The van der Waals surface area contributed by atoms with Crippen molar-refractivity contribution < 1.29 is 13.6 Å². The molecule has 0 aromatic heterocycles. The van der Waals surface area contributed by atoms with Gasteiger partial charge in [-0.25, -0.2) is 0 Å². The summed E-state index contributed by atoms with van der Waals surface area (Å²) in [6, 6.07) is 6.07. The van der Waals surface area contributed by atoms with Gasteiger partial charge in [0.1, 0.15) is 5.75 Å². The number of ether oxygens (including phenoxy) is 1. The molecule has 2 saturated heterocycles. The number of piperazine rings is 1. The Morgan fingerprint density at radius 2 is 2.16 bits per heavy atom. The molecule has 3 N–H and O–H groups in total. The van der Waals surface area contributed by atoms with Gasteiger partial charge in [-0.3, -0.25) is 14.6 Å². The van der Waals surface area contributed by atoms with Crippen molar-refractivity contribution in [1.29, 1.82) is 0 Å². The molecule has 6 nitrogen and oxygen atoms in total. The smallest absolute Gasteiger partial charge is 0.231 e. The molecule has 140 valence electrons. The lowest BCUT2D eigenvalue weighted by molar-refractivity contribution is -0.119. The van der Waals surface area contributed by atoms with Crippen LogP contribution in [0.2, 0.25) is 0 Å². The van der Waals surface area contributed by atoms with Crippen LogP contribution in [0.1, 0.15) is 27.7 Å². The van der Waals surface area contributed by atoms with Gasteiger partial charge in [0.15, 0.2) is 0 Å². The van der Waals surface area contributed by atoms with Gasteiger partial charge in [0, 0.05) is 38.3 Å². The summed E-state index contributed by atoms with van der Waals surface area (Å²) in [7, 11) is -2.46. The van der Waals surface area contributed by atoms with Gasteiger partial charge in [0.25, 0.3) is 0 Å². The number of hydrogen-bond acceptors (Lipinski definition) is 5. The number of carbonyl (C=O) groups excluding carboxylic acids is 1. The van der Waals surface area contributed by atoms with Gasteiger partial charge in [-0.2, -0.15) is 0 Å². The molecule has 0 radical (unpaired) electrons. The van der Waals surface area contributed by atoms with Crippen LogP contribution < -0.4 is 15.8 Å². The summed E-state index contributed by atoms with van der Waals surface area (Å²) in [6.45, 7) is 6.58. The molecule has 0 saturated carbocycles. The Kier molecular flexibility index (Phi) is 5.62. The highest BCUT2D eigenvalue weighted by Crippen LogP contribution is 2.33. The van der Waals surface area contributed by atoms with Gasteiger partial charge in [-0.1, -0.05) is 12.1 Å². The van der Waals surface area contributed by atoms with E-state index in [0.29, 0.717) is 18.3 Å². The van der Waals surface area contributed by atoms with Gasteiger partial charge in [-0.15, -0.1) is 12.4 Å². The van der Waals surface area contributed by atoms with Crippen molar-refractivity contribution in [2.24, 2.45) is 5.73 Å². The van der Waals surface area contributed by atoms with Crippen LogP contribution in [0.25, 0.3) is 0 Å². The average molecular weight is 372 g/mol. The van der Waals surface area contributed by atoms with Gasteiger partial charge in [-0.05, 0) is 37.1 Å². The number of methoxy groups -OCH3 is 1. The maximum Gasteiger partial charge on any atom is 0.231 e. The standard InChI is InChI=1S/C18H28N4O2.ClH/c1-13-14(4-3-5-16(13)24-2)18-15(6-7-20-18)22-10-8-21(9-11-22)12-17(19)23;/h3-5,15,18,20H,6-12H2,1-2H3,(H2,19,23);1H/t15-,18-;/m0./s1/i2D3;. The first-order valence-electron chi connectivity index (χ1n) is 10.0. The summed E-state index contributed by atoms with van der Waals surface area (Å²) >= 11 is 0. The topological polar surface area (TPSA) is 70.8 Å². The van der Waals surface area contributed by atoms with E-state index < -0.39 is 7.04 Å². The van der Waals surface area contributed by atoms with Crippen LogP contribution in [0.15, 0.2) is 18.2 Å². The van der Waals surface area contributed by atoms with E-state index in [0.717, 1.165) is 50.3 Å². The normalized spacial score (nSPS) is 27.0. The minimum Gasteiger partial charge on any atom is -0.496 e. The molecule has 1 amide bonds. The number of amides is 1. The van der Waals surface area contributed by atoms with Crippen molar-refractivity contribution in [1.82, 2.24) is 15.1 Å². The molecule has 0 spiro atoms. The lowest BCUT2D eigenvalue weighted by Gasteiger charge is -2.39. The van der Waals surface area contributed by atoms with Crippen molar-refractivity contribution in [3.63, 3.8) is 0 Å². The fraction of sp³-hybridized carbons (Fsp3) is 0.611. The third-order valence-corrected chi connectivity index (χ3v) is 5.22. The zero-order valence-corrected chi connectivity index (χ0v) is 15.3. The molecular weight excluding hydrogens is 340 g/mol. The molecule has 2 aliphatic rings. The Labute approximate surface area is 160 Å². The number of halogens is 1. The third-order valence-electron chi connectivity index (χ3n) is 5.22. The maximum atomic E-state index is 11.1. The van der Waals surface area contributed by atoms with Crippen LogP contribution in [0.4, 0.5) is 0 Å². The van der Waals surface area contributed by atoms with E-state index >= 15 is 0 Å². The van der Waals surface area contributed by atoms with Gasteiger partial charge >= 0.3 is 0 Å². The predicted octanol–water partition coefficient (Wildman–Crippen LogP) is 0.931. The van der Waals surface area contributed by atoms with Crippen molar-refractivity contribution >= 4 is 18.3 Å². The van der Waals surface area contributed by atoms with Crippen molar-refractivity contribution in [2.75, 3.05) is 46.3 Å². The van der Waals surface area contributed by atoms with E-state index in [2.05, 4.69) is 15.1 Å². The summed E-state index contributed by atoms with van der Waals surface area (Å²) in [6.07, 6.45) is 1.03. The second kappa shape index (κ2) is 8.85. The highest BCUT2D eigenvalue weighted by Gasteiger charge is 2.35. The average Bonchev–Trinajstić information content (AvgIpc) is 3.05. The van der Waals surface area contributed by atoms with Gasteiger partial charge in [0.05, 0.1) is 17.7 Å². The number of nitrogens with zero attached hydrogens (tertiary/aromatic N) is 2. The lowest BCUT2D eigenvalue weighted by atomic mass is 9.94. The largest absolute Gasteiger partial charge is 0.496 e. The fourth-order valence-corrected chi connectivity index (χ4v) is 3.95. The Balaban J connectivity index is 0.00000280. The Bertz CT molecular complexity index is 681. The molecule has 2 heterocycles. The van der Waals surface area contributed by atoms with Crippen LogP contribution in [0.3, 0.4) is 0 Å². The third kappa shape index (κ3) is 4.44. The number of nitrogens with one attached hydrogen (secondary N) is 1. The molecule has 0 aliphatic carbocycles. The van der Waals surface area contributed by atoms with Crippen LogP contribution in [0, 0.1) is 6.92 Å². The Hall–Kier alpha value is -1.34.